The summed E-state index contributed by atoms with van der Waals surface area (Å²) in [5.74, 6) is -2.02. The molecular weight excluding hydrogens is 310 g/mol. The second-order valence-corrected chi connectivity index (χ2v) is 4.59. The van der Waals surface area contributed by atoms with Gasteiger partial charge >= 0.3 is 6.18 Å². The van der Waals surface area contributed by atoms with E-state index in [1.165, 1.54) is 12.1 Å². The second kappa shape index (κ2) is 5.73. The van der Waals surface area contributed by atoms with Crippen LogP contribution in [0.3, 0.4) is 0 Å². The molecule has 0 aliphatic rings. The maximum absolute atomic E-state index is 13.5. The van der Waals surface area contributed by atoms with E-state index in [-0.39, 0.29) is 5.69 Å². The van der Waals surface area contributed by atoms with Gasteiger partial charge in [0.1, 0.15) is 5.82 Å². The molecule has 0 fully saturated rings. The zero-order valence-electron chi connectivity index (χ0n) is 10.3. The van der Waals surface area contributed by atoms with Gasteiger partial charge in [-0.25, -0.2) is 4.39 Å². The quantitative estimate of drug-likeness (QED) is 0.796. The summed E-state index contributed by atoms with van der Waals surface area (Å²) in [5, 5.41) is 2.62. The molecule has 0 aromatic heterocycles. The average Bonchev–Trinajstić information content (AvgIpc) is 2.37. The Morgan fingerprint density at radius 3 is 2.43 bits per heavy atom. The first-order valence-corrected chi connectivity index (χ1v) is 6.09. The Bertz CT molecular complexity index is 685. The lowest BCUT2D eigenvalue weighted by Gasteiger charge is -2.10. The Hall–Kier alpha value is -2.08. The number of nitrogens with one attached hydrogen (secondary N) is 1. The summed E-state index contributed by atoms with van der Waals surface area (Å²) in [6.07, 6.45) is -4.65. The predicted octanol–water partition coefficient (Wildman–Crippen LogP) is 4.75. The van der Waals surface area contributed by atoms with Crippen LogP contribution in [-0.4, -0.2) is 5.91 Å². The summed E-state index contributed by atoms with van der Waals surface area (Å²) in [6, 6.07) is 7.62. The molecule has 110 valence electrons. The van der Waals surface area contributed by atoms with Gasteiger partial charge < -0.3 is 5.32 Å². The van der Waals surface area contributed by atoms with Crippen LogP contribution in [0.2, 0.25) is 5.02 Å². The van der Waals surface area contributed by atoms with Gasteiger partial charge in [-0.05, 0) is 36.4 Å². The van der Waals surface area contributed by atoms with Gasteiger partial charge in [-0.1, -0.05) is 17.7 Å². The molecule has 1 N–H and O–H groups in total. The Morgan fingerprint density at radius 1 is 1.10 bits per heavy atom. The number of hydrogen-bond donors (Lipinski definition) is 1. The van der Waals surface area contributed by atoms with Gasteiger partial charge in [0.2, 0.25) is 0 Å². The summed E-state index contributed by atoms with van der Waals surface area (Å²) >= 11 is 5.72. The fourth-order valence-electron chi connectivity index (χ4n) is 1.64. The zero-order valence-corrected chi connectivity index (χ0v) is 11.1. The van der Waals surface area contributed by atoms with Crippen molar-refractivity contribution < 1.29 is 22.4 Å². The van der Waals surface area contributed by atoms with Gasteiger partial charge in [0, 0.05) is 10.7 Å². The fraction of sp³-hybridized carbons (Fsp3) is 0.0714. The van der Waals surface area contributed by atoms with E-state index in [1.807, 2.05) is 0 Å². The number of carbonyl (C=O) groups excluding carboxylic acids is 1. The molecular formula is C14H8ClF4NO. The Morgan fingerprint density at radius 2 is 1.81 bits per heavy atom. The van der Waals surface area contributed by atoms with Gasteiger partial charge in [-0.2, -0.15) is 13.2 Å². The van der Waals surface area contributed by atoms with Crippen molar-refractivity contribution in [3.63, 3.8) is 0 Å². The number of anilines is 1. The van der Waals surface area contributed by atoms with Crippen LogP contribution in [0.15, 0.2) is 42.5 Å². The lowest BCUT2D eigenvalue weighted by atomic mass is 10.1. The topological polar surface area (TPSA) is 29.1 Å². The Balaban J connectivity index is 2.31. The average molecular weight is 318 g/mol. The molecule has 2 aromatic carbocycles. The second-order valence-electron chi connectivity index (χ2n) is 4.16. The van der Waals surface area contributed by atoms with Crippen molar-refractivity contribution in [2.75, 3.05) is 5.32 Å². The summed E-state index contributed by atoms with van der Waals surface area (Å²) < 4.78 is 51.2. The molecule has 0 atom stereocenters. The van der Waals surface area contributed by atoms with E-state index in [4.69, 9.17) is 11.6 Å². The third-order valence-electron chi connectivity index (χ3n) is 2.62. The van der Waals surface area contributed by atoms with Crippen molar-refractivity contribution in [1.29, 1.82) is 0 Å². The van der Waals surface area contributed by atoms with Crippen molar-refractivity contribution in [3.8, 4) is 0 Å². The smallest absolute Gasteiger partial charge is 0.322 e. The Labute approximate surface area is 122 Å². The molecule has 1 amide bonds. The van der Waals surface area contributed by atoms with Crippen molar-refractivity contribution in [3.05, 3.63) is 64.4 Å². The molecule has 0 unspecified atom stereocenters. The van der Waals surface area contributed by atoms with Gasteiger partial charge in [-0.3, -0.25) is 4.79 Å². The number of hydrogen-bond acceptors (Lipinski definition) is 1. The van der Waals surface area contributed by atoms with Gasteiger partial charge in [0.25, 0.3) is 5.91 Å². The van der Waals surface area contributed by atoms with Crippen molar-refractivity contribution >= 4 is 23.2 Å². The van der Waals surface area contributed by atoms with E-state index in [0.717, 1.165) is 0 Å². The largest absolute Gasteiger partial charge is 0.416 e. The van der Waals surface area contributed by atoms with Crippen LogP contribution in [0.5, 0.6) is 0 Å². The molecule has 21 heavy (non-hydrogen) atoms. The number of amides is 1. The Kier molecular flexibility index (Phi) is 4.18. The highest BCUT2D eigenvalue weighted by molar-refractivity contribution is 6.30. The minimum atomic E-state index is -4.65. The lowest BCUT2D eigenvalue weighted by Crippen LogP contribution is -2.16. The highest BCUT2D eigenvalue weighted by Crippen LogP contribution is 2.30. The molecule has 0 heterocycles. The predicted molar refractivity (Wildman–Crippen MR) is 70.8 cm³/mol. The summed E-state index contributed by atoms with van der Waals surface area (Å²) in [5.41, 5.74) is -1.53. The van der Waals surface area contributed by atoms with Crippen LogP contribution in [0, 0.1) is 5.82 Å². The van der Waals surface area contributed by atoms with E-state index < -0.39 is 29.0 Å². The fourth-order valence-corrected chi connectivity index (χ4v) is 1.83. The summed E-state index contributed by atoms with van der Waals surface area (Å²) in [7, 11) is 0. The van der Waals surface area contributed by atoms with E-state index in [1.54, 1.807) is 12.1 Å². The molecule has 0 radical (unpaired) electrons. The number of rotatable bonds is 2. The van der Waals surface area contributed by atoms with Crippen LogP contribution in [0.4, 0.5) is 23.2 Å². The molecule has 0 aliphatic heterocycles. The first kappa shape index (κ1) is 15.3. The zero-order chi connectivity index (χ0) is 15.6. The third-order valence-corrected chi connectivity index (χ3v) is 2.86. The van der Waals surface area contributed by atoms with Crippen LogP contribution in [0.1, 0.15) is 15.9 Å². The standard InChI is InChI=1S/C14H8ClF4NO/c15-9-2-1-3-10(7-9)20-13(21)11-6-8(14(17,18)19)4-5-12(11)16/h1-7H,(H,20,21). The molecule has 0 aliphatic carbocycles. The number of alkyl halides is 3. The molecule has 0 saturated heterocycles. The minimum Gasteiger partial charge on any atom is -0.322 e. The molecule has 7 heteroatoms. The number of carbonyl (C=O) groups is 1. The van der Waals surface area contributed by atoms with Crippen LogP contribution in [-0.2, 0) is 6.18 Å². The molecule has 2 rings (SSSR count). The third kappa shape index (κ3) is 3.72. The molecule has 0 saturated carbocycles. The molecule has 0 spiro atoms. The maximum atomic E-state index is 13.5. The number of benzene rings is 2. The van der Waals surface area contributed by atoms with Crippen LogP contribution >= 0.6 is 11.6 Å². The first-order valence-electron chi connectivity index (χ1n) is 5.71. The lowest BCUT2D eigenvalue weighted by molar-refractivity contribution is -0.137. The monoisotopic (exact) mass is 317 g/mol. The summed E-state index contributed by atoms with van der Waals surface area (Å²) in [6.45, 7) is 0. The van der Waals surface area contributed by atoms with Gasteiger partial charge in [0.15, 0.2) is 0 Å². The van der Waals surface area contributed by atoms with Gasteiger partial charge in [-0.15, -0.1) is 0 Å². The highest BCUT2D eigenvalue weighted by Gasteiger charge is 2.31. The van der Waals surface area contributed by atoms with E-state index in [2.05, 4.69) is 5.32 Å². The molecule has 2 nitrogen and oxygen atoms in total. The first-order chi connectivity index (χ1) is 9.77. The summed E-state index contributed by atoms with van der Waals surface area (Å²) in [4.78, 5) is 11.9. The number of halogens is 5. The minimum absolute atomic E-state index is 0.254. The van der Waals surface area contributed by atoms with Crippen molar-refractivity contribution in [2.45, 2.75) is 6.18 Å². The van der Waals surface area contributed by atoms with Crippen molar-refractivity contribution in [1.82, 2.24) is 0 Å². The van der Waals surface area contributed by atoms with E-state index in [0.29, 0.717) is 23.2 Å². The molecule has 2 aromatic rings. The maximum Gasteiger partial charge on any atom is 0.416 e. The van der Waals surface area contributed by atoms with E-state index >= 15 is 0 Å². The van der Waals surface area contributed by atoms with Gasteiger partial charge in [0.05, 0.1) is 11.1 Å². The highest BCUT2D eigenvalue weighted by atomic mass is 35.5. The normalized spacial score (nSPS) is 11.3. The van der Waals surface area contributed by atoms with E-state index in [9.17, 15) is 22.4 Å². The SMILES string of the molecule is O=C(Nc1cccc(Cl)c1)c1cc(C(F)(F)F)ccc1F. The molecule has 0 bridgehead atoms. The van der Waals surface area contributed by atoms with Crippen LogP contribution < -0.4 is 5.32 Å². The van der Waals surface area contributed by atoms with Crippen molar-refractivity contribution in [2.24, 2.45) is 0 Å². The van der Waals surface area contributed by atoms with Crippen LogP contribution in [0.25, 0.3) is 0 Å².